The highest BCUT2D eigenvalue weighted by Crippen LogP contribution is 2.42. The molecule has 4 aromatic rings. The second-order valence-electron chi connectivity index (χ2n) is 11.3. The third-order valence-corrected chi connectivity index (χ3v) is 8.44. The summed E-state index contributed by atoms with van der Waals surface area (Å²) in [6.45, 7) is 15.4. The van der Waals surface area contributed by atoms with Crippen LogP contribution in [0.3, 0.4) is 0 Å². The maximum atomic E-state index is 13.1. The minimum atomic E-state index is -0.139. The Bertz CT molecular complexity index is 1600. The van der Waals surface area contributed by atoms with Crippen molar-refractivity contribution in [1.29, 1.82) is 0 Å². The van der Waals surface area contributed by atoms with Crippen molar-refractivity contribution in [3.63, 3.8) is 0 Å². The van der Waals surface area contributed by atoms with Crippen LogP contribution in [0.25, 0.3) is 5.69 Å². The molecular formula is C34H39N5OS. The van der Waals surface area contributed by atoms with Gasteiger partial charge in [-0.1, -0.05) is 35.9 Å². The zero-order valence-electron chi connectivity index (χ0n) is 25.0. The van der Waals surface area contributed by atoms with E-state index in [9.17, 15) is 4.79 Å². The van der Waals surface area contributed by atoms with Crippen molar-refractivity contribution in [2.45, 2.75) is 67.0 Å². The quantitative estimate of drug-likeness (QED) is 0.236. The van der Waals surface area contributed by atoms with Gasteiger partial charge >= 0.3 is 0 Å². The lowest BCUT2D eigenvalue weighted by Gasteiger charge is -2.28. The van der Waals surface area contributed by atoms with Crippen LogP contribution >= 0.6 is 12.2 Å². The number of carbonyl (C=O) groups is 1. The largest absolute Gasteiger partial charge is 0.352 e. The van der Waals surface area contributed by atoms with Gasteiger partial charge in [0.05, 0.1) is 23.5 Å². The van der Waals surface area contributed by atoms with Crippen molar-refractivity contribution < 1.29 is 4.79 Å². The molecule has 1 saturated heterocycles. The number of hydrogen-bond donors (Lipinski definition) is 2. The van der Waals surface area contributed by atoms with E-state index >= 15 is 0 Å². The zero-order valence-corrected chi connectivity index (χ0v) is 25.8. The molecule has 2 atom stereocenters. The minimum absolute atomic E-state index is 0.0297. The van der Waals surface area contributed by atoms with Gasteiger partial charge in [-0.15, -0.1) is 0 Å². The van der Waals surface area contributed by atoms with Crippen molar-refractivity contribution in [2.75, 3.05) is 11.9 Å². The molecule has 0 bridgehead atoms. The molecule has 0 spiro atoms. The van der Waals surface area contributed by atoms with Crippen LogP contribution in [0.15, 0.2) is 60.8 Å². The number of rotatable bonds is 7. The Kier molecular flexibility index (Phi) is 8.00. The lowest BCUT2D eigenvalue weighted by atomic mass is 9.96. The molecule has 1 aliphatic heterocycles. The van der Waals surface area contributed by atoms with Gasteiger partial charge in [0.2, 0.25) is 5.91 Å². The number of amides is 1. The second-order valence-corrected chi connectivity index (χ2v) is 11.7. The SMILES string of the molecule is Cc1cc(C)c(-n2c(C)cc([C@@H]3[C@@H](c4ccccn4)NC(=S)N3CCC(=O)Nc3cc(C)ccc3C)c2C)c(C)c1. The van der Waals surface area contributed by atoms with E-state index in [4.69, 9.17) is 17.2 Å². The summed E-state index contributed by atoms with van der Waals surface area (Å²) in [4.78, 5) is 20.0. The molecule has 2 aromatic carbocycles. The van der Waals surface area contributed by atoms with E-state index in [0.717, 1.165) is 28.2 Å². The smallest absolute Gasteiger partial charge is 0.226 e. The van der Waals surface area contributed by atoms with E-state index < -0.39 is 0 Å². The summed E-state index contributed by atoms with van der Waals surface area (Å²) in [5.41, 5.74) is 12.4. The van der Waals surface area contributed by atoms with Crippen molar-refractivity contribution in [2.24, 2.45) is 0 Å². The van der Waals surface area contributed by atoms with Crippen molar-refractivity contribution in [3.05, 3.63) is 111 Å². The first kappa shape index (κ1) is 28.6. The molecule has 2 aromatic heterocycles. The predicted octanol–water partition coefficient (Wildman–Crippen LogP) is 7.03. The molecule has 0 unspecified atom stereocenters. The first-order chi connectivity index (χ1) is 19.5. The van der Waals surface area contributed by atoms with E-state index in [-0.39, 0.29) is 18.0 Å². The molecule has 6 nitrogen and oxygen atoms in total. The Labute approximate surface area is 248 Å². The Morgan fingerprint density at radius 2 is 1.66 bits per heavy atom. The van der Waals surface area contributed by atoms with Crippen LogP contribution in [0.4, 0.5) is 5.69 Å². The summed E-state index contributed by atoms with van der Waals surface area (Å²) in [6, 6.07) is 18.6. The Hall–Kier alpha value is -3.97. The zero-order chi connectivity index (χ0) is 29.4. The van der Waals surface area contributed by atoms with Crippen LogP contribution in [0.2, 0.25) is 0 Å². The van der Waals surface area contributed by atoms with Crippen molar-refractivity contribution in [1.82, 2.24) is 19.8 Å². The number of hydrogen-bond acceptors (Lipinski definition) is 3. The highest BCUT2D eigenvalue weighted by Gasteiger charge is 2.41. The summed E-state index contributed by atoms with van der Waals surface area (Å²) < 4.78 is 2.36. The monoisotopic (exact) mass is 565 g/mol. The van der Waals surface area contributed by atoms with Crippen LogP contribution < -0.4 is 10.6 Å². The van der Waals surface area contributed by atoms with E-state index in [1.54, 1.807) is 0 Å². The fraction of sp³-hybridized carbons (Fsp3) is 0.324. The fourth-order valence-electron chi connectivity index (χ4n) is 6.25. The fourth-order valence-corrected chi connectivity index (χ4v) is 6.58. The van der Waals surface area contributed by atoms with Gasteiger partial charge in [-0.2, -0.15) is 0 Å². The highest BCUT2D eigenvalue weighted by atomic mass is 32.1. The van der Waals surface area contributed by atoms with Gasteiger partial charge in [0.25, 0.3) is 0 Å². The summed E-state index contributed by atoms with van der Waals surface area (Å²) in [5.74, 6) is -0.0297. The molecule has 212 valence electrons. The summed E-state index contributed by atoms with van der Waals surface area (Å²) in [7, 11) is 0. The molecule has 1 amide bonds. The van der Waals surface area contributed by atoms with Gasteiger partial charge in [0.1, 0.15) is 0 Å². The maximum Gasteiger partial charge on any atom is 0.226 e. The van der Waals surface area contributed by atoms with Gasteiger partial charge in [0, 0.05) is 36.2 Å². The average Bonchev–Trinajstić information content (AvgIpc) is 3.40. The molecular weight excluding hydrogens is 526 g/mol. The Balaban J connectivity index is 1.50. The number of anilines is 1. The topological polar surface area (TPSA) is 62.2 Å². The lowest BCUT2D eigenvalue weighted by molar-refractivity contribution is -0.116. The lowest BCUT2D eigenvalue weighted by Crippen LogP contribution is -2.33. The van der Waals surface area contributed by atoms with Crippen LogP contribution in [-0.4, -0.2) is 32.0 Å². The molecule has 3 heterocycles. The highest BCUT2D eigenvalue weighted by molar-refractivity contribution is 7.80. The Morgan fingerprint density at radius 1 is 0.927 bits per heavy atom. The van der Waals surface area contributed by atoms with Crippen molar-refractivity contribution >= 4 is 28.9 Å². The molecule has 41 heavy (non-hydrogen) atoms. The third kappa shape index (κ3) is 5.64. The molecule has 1 fully saturated rings. The first-order valence-electron chi connectivity index (χ1n) is 14.2. The molecule has 1 aliphatic rings. The van der Waals surface area contributed by atoms with E-state index in [1.165, 1.54) is 33.6 Å². The van der Waals surface area contributed by atoms with E-state index in [1.807, 2.05) is 50.4 Å². The van der Waals surface area contributed by atoms with Gasteiger partial charge in [-0.25, -0.2) is 0 Å². The number of aromatic nitrogens is 2. The number of nitrogens with one attached hydrogen (secondary N) is 2. The first-order valence-corrected chi connectivity index (χ1v) is 14.6. The molecule has 0 saturated carbocycles. The van der Waals surface area contributed by atoms with Crippen LogP contribution in [-0.2, 0) is 4.79 Å². The van der Waals surface area contributed by atoms with Gasteiger partial charge in [-0.3, -0.25) is 9.78 Å². The second kappa shape index (κ2) is 11.5. The molecule has 2 N–H and O–H groups in total. The standard InChI is InChI=1S/C34H39N5OS/c1-20-11-12-22(3)29(18-20)36-30(40)13-15-38-33(31(37-34(38)41)28-10-8-9-14-35-28)27-19-25(6)39(26(27)7)32-23(4)16-21(2)17-24(32)5/h8-12,14,16-19,31,33H,13,15H2,1-7H3,(H,36,40)(H,37,41)/t31-,33-/m1/s1. The number of nitrogens with zero attached hydrogens (tertiary/aromatic N) is 3. The normalized spacial score (nSPS) is 16.7. The number of pyridine rings is 1. The Morgan fingerprint density at radius 3 is 2.34 bits per heavy atom. The van der Waals surface area contributed by atoms with E-state index in [2.05, 4.69) is 79.0 Å². The van der Waals surface area contributed by atoms with Gasteiger partial charge in [-0.05, 0) is 113 Å². The summed E-state index contributed by atoms with van der Waals surface area (Å²) >= 11 is 5.89. The summed E-state index contributed by atoms with van der Waals surface area (Å²) in [6.07, 6.45) is 2.13. The predicted molar refractivity (Wildman–Crippen MR) is 171 cm³/mol. The number of benzene rings is 2. The number of aryl methyl sites for hydroxylation is 6. The number of carbonyl (C=O) groups excluding carboxylic acids is 1. The van der Waals surface area contributed by atoms with Gasteiger partial charge in [0.15, 0.2) is 5.11 Å². The average molecular weight is 566 g/mol. The van der Waals surface area contributed by atoms with Crippen LogP contribution in [0.1, 0.15) is 69.0 Å². The minimum Gasteiger partial charge on any atom is -0.352 e. The maximum absolute atomic E-state index is 13.1. The molecule has 0 radical (unpaired) electrons. The summed E-state index contributed by atoms with van der Waals surface area (Å²) in [5, 5.41) is 7.28. The van der Waals surface area contributed by atoms with Crippen LogP contribution in [0, 0.1) is 48.5 Å². The van der Waals surface area contributed by atoms with Crippen LogP contribution in [0.5, 0.6) is 0 Å². The third-order valence-electron chi connectivity index (χ3n) is 8.09. The molecule has 5 rings (SSSR count). The van der Waals surface area contributed by atoms with Gasteiger partial charge < -0.3 is 20.1 Å². The number of thiocarbonyl (C=S) groups is 1. The van der Waals surface area contributed by atoms with Crippen molar-refractivity contribution in [3.8, 4) is 5.69 Å². The molecule has 0 aliphatic carbocycles. The molecule has 7 heteroatoms. The van der Waals surface area contributed by atoms with E-state index in [0.29, 0.717) is 18.1 Å².